The largest absolute Gasteiger partial charge is 0.318 e. The molecule has 0 N–H and O–H groups in total. The number of benzene rings is 3. The maximum absolute atomic E-state index is 13.3. The fraction of sp³-hybridized carbons (Fsp3) is 0.167. The van der Waals surface area contributed by atoms with Gasteiger partial charge in [0.15, 0.2) is 0 Å². The van der Waals surface area contributed by atoms with Crippen molar-refractivity contribution in [2.45, 2.75) is 13.0 Å². The van der Waals surface area contributed by atoms with Crippen LogP contribution >= 0.6 is 11.6 Å². The highest BCUT2D eigenvalue weighted by atomic mass is 35.5. The van der Waals surface area contributed by atoms with E-state index in [1.165, 1.54) is 0 Å². The molecular formula is C24H23ClNO2+. The van der Waals surface area contributed by atoms with Crippen molar-refractivity contribution in [3.63, 3.8) is 0 Å². The standard InChI is InChI=1S/C24H23ClNO2/c1-26(17-21-14-8-9-15-22(21)25,18-23(27)20-12-6-3-7-13-20)24(28)16-19-10-4-2-5-11-19/h2-15H,16-18H2,1H3/q+1. The SMILES string of the molecule is C[N+](CC(=O)c1ccccc1)(Cc1ccccc1Cl)C(=O)Cc1ccccc1. The summed E-state index contributed by atoms with van der Waals surface area (Å²) in [6.07, 6.45) is 0.268. The molecule has 0 saturated carbocycles. The van der Waals surface area contributed by atoms with Crippen molar-refractivity contribution in [1.29, 1.82) is 0 Å². The van der Waals surface area contributed by atoms with Crippen molar-refractivity contribution in [2.24, 2.45) is 0 Å². The highest BCUT2D eigenvalue weighted by Gasteiger charge is 2.35. The fourth-order valence-corrected chi connectivity index (χ4v) is 3.42. The molecule has 142 valence electrons. The van der Waals surface area contributed by atoms with Gasteiger partial charge in [-0.05, 0) is 11.6 Å². The Kier molecular flexibility index (Phi) is 6.40. The molecule has 3 rings (SSSR count). The molecule has 1 amide bonds. The Bertz CT molecular complexity index is 957. The molecular weight excluding hydrogens is 370 g/mol. The molecule has 0 saturated heterocycles. The van der Waals surface area contributed by atoms with Crippen molar-refractivity contribution in [3.8, 4) is 0 Å². The summed E-state index contributed by atoms with van der Waals surface area (Å²) in [4.78, 5) is 26.2. The van der Waals surface area contributed by atoms with E-state index >= 15 is 0 Å². The van der Waals surface area contributed by atoms with Gasteiger partial charge in [0.05, 0.1) is 13.5 Å². The Balaban J connectivity index is 1.89. The quantitative estimate of drug-likeness (QED) is 0.421. The van der Waals surface area contributed by atoms with Crippen LogP contribution in [-0.2, 0) is 17.8 Å². The molecule has 0 heterocycles. The summed E-state index contributed by atoms with van der Waals surface area (Å²) < 4.78 is -0.0354. The lowest BCUT2D eigenvalue weighted by molar-refractivity contribution is -0.839. The van der Waals surface area contributed by atoms with Gasteiger partial charge in [-0.15, -0.1) is 0 Å². The Morgan fingerprint density at radius 3 is 2.04 bits per heavy atom. The molecule has 1 atom stereocenters. The summed E-state index contributed by atoms with van der Waals surface area (Å²) in [5.41, 5.74) is 2.40. The predicted octanol–water partition coefficient (Wildman–Crippen LogP) is 4.94. The number of nitrogens with zero attached hydrogens (tertiary/aromatic N) is 1. The Morgan fingerprint density at radius 2 is 1.39 bits per heavy atom. The summed E-state index contributed by atoms with van der Waals surface area (Å²) in [6.45, 7) is 0.449. The number of likely N-dealkylation sites (N-methyl/N-ethyl adjacent to an activating group) is 1. The minimum Gasteiger partial charge on any atom is -0.288 e. The normalized spacial score (nSPS) is 12.9. The zero-order chi connectivity index (χ0) is 20.0. The summed E-state index contributed by atoms with van der Waals surface area (Å²) in [6, 6.07) is 26.2. The van der Waals surface area contributed by atoms with E-state index in [9.17, 15) is 9.59 Å². The highest BCUT2D eigenvalue weighted by molar-refractivity contribution is 6.31. The Labute approximate surface area is 170 Å². The van der Waals surface area contributed by atoms with E-state index in [0.717, 1.165) is 11.1 Å². The van der Waals surface area contributed by atoms with E-state index in [2.05, 4.69) is 0 Å². The number of amides is 1. The van der Waals surface area contributed by atoms with Crippen LogP contribution in [0.4, 0.5) is 0 Å². The number of quaternary nitrogens is 1. The smallest absolute Gasteiger partial charge is 0.288 e. The molecule has 0 aromatic heterocycles. The topological polar surface area (TPSA) is 34.1 Å². The van der Waals surface area contributed by atoms with Crippen molar-refractivity contribution in [1.82, 2.24) is 0 Å². The van der Waals surface area contributed by atoms with Crippen LogP contribution in [-0.4, -0.2) is 29.8 Å². The molecule has 3 nitrogen and oxygen atoms in total. The third kappa shape index (κ3) is 4.94. The molecule has 1 unspecified atom stereocenters. The van der Waals surface area contributed by atoms with Gasteiger partial charge in [-0.3, -0.25) is 9.28 Å². The van der Waals surface area contributed by atoms with Crippen LogP contribution in [0.2, 0.25) is 5.02 Å². The van der Waals surface area contributed by atoms with Crippen LogP contribution < -0.4 is 0 Å². The van der Waals surface area contributed by atoms with Gasteiger partial charge in [0.25, 0.3) is 0 Å². The van der Waals surface area contributed by atoms with Crippen LogP contribution in [0.5, 0.6) is 0 Å². The number of carbonyl (C=O) groups is 2. The number of rotatable bonds is 7. The lowest BCUT2D eigenvalue weighted by Gasteiger charge is -2.31. The van der Waals surface area contributed by atoms with Crippen LogP contribution in [0.1, 0.15) is 21.5 Å². The number of hydrogen-bond donors (Lipinski definition) is 0. The average Bonchev–Trinajstić information content (AvgIpc) is 2.71. The number of halogens is 1. The Hall–Kier alpha value is -2.75. The molecule has 0 bridgehead atoms. The summed E-state index contributed by atoms with van der Waals surface area (Å²) >= 11 is 6.34. The first-order valence-electron chi connectivity index (χ1n) is 9.21. The summed E-state index contributed by atoms with van der Waals surface area (Å²) in [5.74, 6) is -0.0769. The molecule has 0 spiro atoms. The molecule has 28 heavy (non-hydrogen) atoms. The van der Waals surface area contributed by atoms with Crippen LogP contribution in [0.15, 0.2) is 84.9 Å². The molecule has 3 aromatic carbocycles. The maximum atomic E-state index is 13.3. The van der Waals surface area contributed by atoms with E-state index < -0.39 is 0 Å². The van der Waals surface area contributed by atoms with Gasteiger partial charge in [0.2, 0.25) is 5.78 Å². The third-order valence-corrected chi connectivity index (χ3v) is 5.23. The number of hydrogen-bond acceptors (Lipinski definition) is 2. The lowest BCUT2D eigenvalue weighted by atomic mass is 10.1. The van der Waals surface area contributed by atoms with E-state index in [-0.39, 0.29) is 29.1 Å². The molecule has 0 aliphatic rings. The van der Waals surface area contributed by atoms with Gasteiger partial charge >= 0.3 is 5.91 Å². The third-order valence-electron chi connectivity index (χ3n) is 4.87. The van der Waals surface area contributed by atoms with Crippen LogP contribution in [0.3, 0.4) is 0 Å². The second-order valence-corrected chi connectivity index (χ2v) is 7.56. The number of carbonyl (C=O) groups excluding carboxylic acids is 2. The van der Waals surface area contributed by atoms with Crippen molar-refractivity contribution in [3.05, 3.63) is 107 Å². The first kappa shape index (κ1) is 20.0. The molecule has 4 heteroatoms. The zero-order valence-corrected chi connectivity index (χ0v) is 16.6. The minimum absolute atomic E-state index is 0.0181. The average molecular weight is 393 g/mol. The van der Waals surface area contributed by atoms with Gasteiger partial charge in [-0.1, -0.05) is 90.5 Å². The first-order valence-corrected chi connectivity index (χ1v) is 9.59. The van der Waals surface area contributed by atoms with Gasteiger partial charge < -0.3 is 0 Å². The fourth-order valence-electron chi connectivity index (χ4n) is 3.23. The molecule has 0 radical (unpaired) electrons. The lowest BCUT2D eigenvalue weighted by Crippen LogP contribution is -2.52. The van der Waals surface area contributed by atoms with Crippen molar-refractivity contribution >= 4 is 23.3 Å². The minimum atomic E-state index is -0.0587. The maximum Gasteiger partial charge on any atom is 0.318 e. The molecule has 0 aliphatic carbocycles. The molecule has 0 fully saturated rings. The van der Waals surface area contributed by atoms with Gasteiger partial charge in [0, 0.05) is 16.1 Å². The monoisotopic (exact) mass is 392 g/mol. The second-order valence-electron chi connectivity index (χ2n) is 7.15. The molecule has 3 aromatic rings. The van der Waals surface area contributed by atoms with E-state index in [1.807, 2.05) is 79.8 Å². The number of ketones is 1. The summed E-state index contributed by atoms with van der Waals surface area (Å²) in [5, 5.41) is 0.603. The predicted molar refractivity (Wildman–Crippen MR) is 112 cm³/mol. The first-order chi connectivity index (χ1) is 13.5. The van der Waals surface area contributed by atoms with E-state index in [0.29, 0.717) is 17.1 Å². The number of Topliss-reactive ketones (excluding diaryl/α,β-unsaturated/α-hetero) is 1. The Morgan fingerprint density at radius 1 is 0.821 bits per heavy atom. The highest BCUT2D eigenvalue weighted by Crippen LogP contribution is 2.22. The van der Waals surface area contributed by atoms with Gasteiger partial charge in [-0.25, -0.2) is 4.79 Å². The van der Waals surface area contributed by atoms with Crippen LogP contribution in [0, 0.1) is 0 Å². The van der Waals surface area contributed by atoms with Gasteiger partial charge in [0.1, 0.15) is 13.1 Å². The second kappa shape index (κ2) is 8.96. The van der Waals surface area contributed by atoms with E-state index in [4.69, 9.17) is 11.6 Å². The zero-order valence-electron chi connectivity index (χ0n) is 15.8. The van der Waals surface area contributed by atoms with Crippen molar-refractivity contribution < 1.29 is 14.1 Å². The van der Waals surface area contributed by atoms with Crippen LogP contribution in [0.25, 0.3) is 0 Å². The van der Waals surface area contributed by atoms with E-state index in [1.54, 1.807) is 12.1 Å². The molecule has 0 aliphatic heterocycles. The van der Waals surface area contributed by atoms with Crippen molar-refractivity contribution in [2.75, 3.05) is 13.6 Å². The van der Waals surface area contributed by atoms with Gasteiger partial charge in [-0.2, -0.15) is 0 Å². The summed E-state index contributed by atoms with van der Waals surface area (Å²) in [7, 11) is 1.81.